The minimum Gasteiger partial charge on any atom is -0.435 e. The fourth-order valence-corrected chi connectivity index (χ4v) is 5.86. The lowest BCUT2D eigenvalue weighted by atomic mass is 10.1. The molecule has 12 nitrogen and oxygen atoms in total. The minimum atomic E-state index is -4.28. The molecule has 0 radical (unpaired) electrons. The number of nitrogens with one attached hydrogen (secondary N) is 3. The summed E-state index contributed by atoms with van der Waals surface area (Å²) in [5.41, 5.74) is 5.84. The van der Waals surface area contributed by atoms with E-state index < -0.39 is 34.4 Å². The monoisotopic (exact) mass is 576 g/mol. The van der Waals surface area contributed by atoms with Gasteiger partial charge in [-0.05, 0) is 44.7 Å². The van der Waals surface area contributed by atoms with E-state index in [0.29, 0.717) is 38.3 Å². The van der Waals surface area contributed by atoms with E-state index in [1.54, 1.807) is 19.3 Å². The number of amides is 1. The zero-order valence-corrected chi connectivity index (χ0v) is 22.5. The van der Waals surface area contributed by atoms with Crippen LogP contribution in [-0.4, -0.2) is 67.3 Å². The summed E-state index contributed by atoms with van der Waals surface area (Å²) < 4.78 is 39.2. The number of carbonyl (C=O) groups is 2. The number of ether oxygens (including phenoxy) is 2. The number of aromatic nitrogens is 2. The summed E-state index contributed by atoms with van der Waals surface area (Å²) in [7, 11) is -4.28. The Hall–Kier alpha value is -2.74. The molecule has 1 aromatic heterocycles. The van der Waals surface area contributed by atoms with Gasteiger partial charge in [0.2, 0.25) is 15.9 Å². The van der Waals surface area contributed by atoms with Gasteiger partial charge in [-0.15, -0.1) is 0 Å². The Balaban J connectivity index is 1.81. The molecule has 1 aromatic carbocycles. The molecule has 0 spiro atoms. The van der Waals surface area contributed by atoms with Gasteiger partial charge in [0, 0.05) is 31.9 Å². The van der Waals surface area contributed by atoms with Crippen LogP contribution in [0.5, 0.6) is 0 Å². The molecule has 37 heavy (non-hydrogen) atoms. The van der Waals surface area contributed by atoms with Crippen molar-refractivity contribution in [3.05, 3.63) is 34.6 Å². The second-order valence-electron chi connectivity index (χ2n) is 8.27. The van der Waals surface area contributed by atoms with Gasteiger partial charge in [-0.1, -0.05) is 23.2 Å². The summed E-state index contributed by atoms with van der Waals surface area (Å²) in [6, 6.07) is 1.19. The molecule has 0 unspecified atom stereocenters. The maximum absolute atomic E-state index is 13.6. The van der Waals surface area contributed by atoms with E-state index >= 15 is 0 Å². The van der Waals surface area contributed by atoms with Gasteiger partial charge in [-0.25, -0.2) is 18.2 Å². The standard InChI is InChI=1S/C22H30Cl2N6O6S/c1-2-35-22(32)36-19-7-3-4-11-30(19)20(31)17(6-5-8-26-21-27-9-10-28-21)29-37(33,34)18-13-14(23)16(25)12-15(18)24/h9-10,12-13,17,19,29H,2-8,11,25H2,1H3,(H2,26,27,28)/t17-,19+/m0/s1. The van der Waals surface area contributed by atoms with Crippen molar-refractivity contribution in [3.8, 4) is 0 Å². The third kappa shape index (κ3) is 7.87. The van der Waals surface area contributed by atoms with Gasteiger partial charge in [0.15, 0.2) is 12.2 Å². The van der Waals surface area contributed by atoms with Crippen LogP contribution >= 0.6 is 23.2 Å². The molecule has 1 saturated heterocycles. The number of piperidine rings is 1. The number of benzene rings is 1. The van der Waals surface area contributed by atoms with Gasteiger partial charge in [0.25, 0.3) is 0 Å². The molecule has 1 aliphatic rings. The van der Waals surface area contributed by atoms with Crippen molar-refractivity contribution in [2.24, 2.45) is 0 Å². The van der Waals surface area contributed by atoms with Crippen molar-refractivity contribution in [1.29, 1.82) is 0 Å². The quantitative estimate of drug-likeness (QED) is 0.178. The maximum Gasteiger partial charge on any atom is 0.510 e. The number of sulfonamides is 1. The fourth-order valence-electron chi connectivity index (χ4n) is 3.85. The highest BCUT2D eigenvalue weighted by Crippen LogP contribution is 2.30. The number of nitrogens with two attached hydrogens (primary N) is 1. The second-order valence-corrected chi connectivity index (χ2v) is 10.8. The number of imidazole rings is 1. The zero-order valence-electron chi connectivity index (χ0n) is 20.2. The van der Waals surface area contributed by atoms with Gasteiger partial charge in [0.1, 0.15) is 10.9 Å². The number of carbonyl (C=O) groups excluding carboxylic acids is 2. The van der Waals surface area contributed by atoms with Crippen LogP contribution in [0.1, 0.15) is 39.0 Å². The van der Waals surface area contributed by atoms with Crippen LogP contribution in [0.2, 0.25) is 10.0 Å². The van der Waals surface area contributed by atoms with Crippen molar-refractivity contribution in [2.75, 3.05) is 30.7 Å². The first-order chi connectivity index (χ1) is 17.6. The summed E-state index contributed by atoms with van der Waals surface area (Å²) >= 11 is 12.2. The van der Waals surface area contributed by atoms with Gasteiger partial charge < -0.3 is 30.4 Å². The van der Waals surface area contributed by atoms with Gasteiger partial charge in [-0.3, -0.25) is 4.79 Å². The SMILES string of the molecule is CCOC(=O)O[C@@H]1CCCCN1C(=O)[C@H](CCCNc1ncc[nH]1)NS(=O)(=O)c1cc(Cl)c(N)cc1Cl. The molecule has 1 amide bonds. The average Bonchev–Trinajstić information content (AvgIpc) is 3.37. The van der Waals surface area contributed by atoms with Crippen LogP contribution in [0.25, 0.3) is 0 Å². The maximum atomic E-state index is 13.6. The van der Waals surface area contributed by atoms with Crippen LogP contribution in [0.15, 0.2) is 29.4 Å². The van der Waals surface area contributed by atoms with E-state index in [0.717, 1.165) is 12.5 Å². The van der Waals surface area contributed by atoms with Crippen LogP contribution < -0.4 is 15.8 Å². The van der Waals surface area contributed by atoms with E-state index in [2.05, 4.69) is 20.0 Å². The number of halogens is 2. The predicted molar refractivity (Wildman–Crippen MR) is 139 cm³/mol. The Bertz CT molecular complexity index is 1180. The fraction of sp³-hybridized carbons (Fsp3) is 0.500. The number of H-pyrrole nitrogens is 1. The summed E-state index contributed by atoms with van der Waals surface area (Å²) in [6.45, 7) is 2.47. The molecule has 5 N–H and O–H groups in total. The number of aromatic amines is 1. The van der Waals surface area contributed by atoms with Crippen molar-refractivity contribution in [1.82, 2.24) is 19.6 Å². The highest BCUT2D eigenvalue weighted by Gasteiger charge is 2.36. The molecule has 3 rings (SSSR count). The van der Waals surface area contributed by atoms with E-state index in [-0.39, 0.29) is 33.7 Å². The van der Waals surface area contributed by atoms with Gasteiger partial charge >= 0.3 is 6.16 Å². The van der Waals surface area contributed by atoms with Crippen LogP contribution in [0, 0.1) is 0 Å². The smallest absolute Gasteiger partial charge is 0.435 e. The first kappa shape index (κ1) is 28.8. The second kappa shape index (κ2) is 13.2. The first-order valence-corrected chi connectivity index (χ1v) is 14.0. The molecule has 2 atom stereocenters. The van der Waals surface area contributed by atoms with Crippen LogP contribution in [0.3, 0.4) is 0 Å². The lowest BCUT2D eigenvalue weighted by Crippen LogP contribution is -2.54. The molecule has 204 valence electrons. The molecule has 2 aromatic rings. The van der Waals surface area contributed by atoms with E-state index in [1.165, 1.54) is 11.0 Å². The van der Waals surface area contributed by atoms with E-state index in [9.17, 15) is 18.0 Å². The Morgan fingerprint density at radius 1 is 1.30 bits per heavy atom. The van der Waals surface area contributed by atoms with Crippen molar-refractivity contribution in [2.45, 2.75) is 56.2 Å². The Labute approximate surface area is 225 Å². The Morgan fingerprint density at radius 3 is 2.78 bits per heavy atom. The lowest BCUT2D eigenvalue weighted by molar-refractivity contribution is -0.148. The number of rotatable bonds is 11. The number of likely N-dealkylation sites (tertiary alicyclic amines) is 1. The number of nitrogen functional groups attached to an aromatic ring is 1. The molecule has 2 heterocycles. The third-order valence-electron chi connectivity index (χ3n) is 5.62. The van der Waals surface area contributed by atoms with Crippen molar-refractivity contribution >= 4 is 56.9 Å². The highest BCUT2D eigenvalue weighted by molar-refractivity contribution is 7.89. The number of hydrogen-bond donors (Lipinski definition) is 4. The summed E-state index contributed by atoms with van der Waals surface area (Å²) in [6.07, 6.45) is 3.84. The van der Waals surface area contributed by atoms with Gasteiger partial charge in [0.05, 0.1) is 22.3 Å². The molecular weight excluding hydrogens is 547 g/mol. The number of hydrogen-bond acceptors (Lipinski definition) is 9. The molecular formula is C22H30Cl2N6O6S. The average molecular weight is 577 g/mol. The predicted octanol–water partition coefficient (Wildman–Crippen LogP) is 3.35. The molecule has 0 aliphatic carbocycles. The van der Waals surface area contributed by atoms with E-state index in [4.69, 9.17) is 38.4 Å². The lowest BCUT2D eigenvalue weighted by Gasteiger charge is -2.36. The number of nitrogens with zero attached hydrogens (tertiary/aromatic N) is 2. The van der Waals surface area contributed by atoms with Crippen molar-refractivity contribution < 1.29 is 27.5 Å². The zero-order chi connectivity index (χ0) is 27.0. The van der Waals surface area contributed by atoms with Gasteiger partial charge in [-0.2, -0.15) is 4.72 Å². The molecule has 15 heteroatoms. The first-order valence-electron chi connectivity index (χ1n) is 11.8. The van der Waals surface area contributed by atoms with Crippen LogP contribution in [0.4, 0.5) is 16.4 Å². The molecule has 0 saturated carbocycles. The number of anilines is 2. The Morgan fingerprint density at radius 2 is 2.08 bits per heavy atom. The minimum absolute atomic E-state index is 0.00855. The normalized spacial score (nSPS) is 16.7. The largest absolute Gasteiger partial charge is 0.510 e. The summed E-state index contributed by atoms with van der Waals surface area (Å²) in [5, 5.41) is 2.93. The summed E-state index contributed by atoms with van der Waals surface area (Å²) in [5.74, 6) is 0.0129. The Kier molecular flexibility index (Phi) is 10.3. The molecule has 0 bridgehead atoms. The topological polar surface area (TPSA) is 169 Å². The van der Waals surface area contributed by atoms with Crippen molar-refractivity contribution in [3.63, 3.8) is 0 Å². The van der Waals surface area contributed by atoms with Crippen LogP contribution in [-0.2, 0) is 24.3 Å². The molecule has 1 fully saturated rings. The third-order valence-corrected chi connectivity index (χ3v) is 7.89. The van der Waals surface area contributed by atoms with E-state index in [1.807, 2.05) is 0 Å². The molecule has 1 aliphatic heterocycles. The summed E-state index contributed by atoms with van der Waals surface area (Å²) in [4.78, 5) is 33.6. The highest BCUT2D eigenvalue weighted by atomic mass is 35.5.